The molecule has 1 heterocycles. The molecule has 0 saturated carbocycles. The molecule has 0 aliphatic rings. The highest BCUT2D eigenvalue weighted by atomic mass is 32.1. The summed E-state index contributed by atoms with van der Waals surface area (Å²) in [5, 5.41) is 6.56. The second-order valence-corrected chi connectivity index (χ2v) is 5.31. The third-order valence-electron chi connectivity index (χ3n) is 2.64. The number of carbonyl (C=O) groups excluding carboxylic acids is 1. The van der Waals surface area contributed by atoms with E-state index in [1.807, 2.05) is 14.0 Å². The predicted molar refractivity (Wildman–Crippen MR) is 82.4 cm³/mol. The number of carbonyl (C=O) groups is 1. The Labute approximate surface area is 123 Å². The van der Waals surface area contributed by atoms with E-state index in [0.717, 1.165) is 19.6 Å². The first-order valence-corrected chi connectivity index (χ1v) is 7.36. The van der Waals surface area contributed by atoms with Crippen molar-refractivity contribution in [3.05, 3.63) is 4.88 Å². The number of methoxy groups -OCH3 is 1. The summed E-state index contributed by atoms with van der Waals surface area (Å²) in [6.45, 7) is 5.55. The molecule has 7 nitrogen and oxygen atoms in total. The Bertz CT molecular complexity index is 424. The lowest BCUT2D eigenvalue weighted by Crippen LogP contribution is -2.34. The first-order chi connectivity index (χ1) is 9.58. The van der Waals surface area contributed by atoms with E-state index in [2.05, 4.69) is 20.5 Å². The maximum Gasteiger partial charge on any atom is 0.265 e. The van der Waals surface area contributed by atoms with Crippen molar-refractivity contribution >= 4 is 28.2 Å². The number of nitrogens with two attached hydrogens (primary N) is 1. The second kappa shape index (κ2) is 8.72. The van der Waals surface area contributed by atoms with Crippen molar-refractivity contribution in [3.63, 3.8) is 0 Å². The number of nitrogens with one attached hydrogen (secondary N) is 2. The zero-order valence-corrected chi connectivity index (χ0v) is 13.0. The molecule has 0 radical (unpaired) electrons. The average molecular weight is 301 g/mol. The second-order valence-electron chi connectivity index (χ2n) is 4.32. The van der Waals surface area contributed by atoms with Crippen LogP contribution in [0.4, 0.5) is 10.9 Å². The molecule has 0 spiro atoms. The van der Waals surface area contributed by atoms with Gasteiger partial charge >= 0.3 is 0 Å². The normalized spacial score (nSPS) is 10.8. The van der Waals surface area contributed by atoms with Gasteiger partial charge in [0.05, 0.1) is 6.61 Å². The van der Waals surface area contributed by atoms with Gasteiger partial charge in [-0.3, -0.25) is 4.79 Å². The van der Waals surface area contributed by atoms with Gasteiger partial charge in [0.25, 0.3) is 5.91 Å². The third-order valence-corrected chi connectivity index (χ3v) is 3.67. The Morgan fingerprint density at radius 3 is 2.90 bits per heavy atom. The van der Waals surface area contributed by atoms with Crippen LogP contribution in [-0.2, 0) is 4.74 Å². The van der Waals surface area contributed by atoms with E-state index in [1.165, 1.54) is 11.3 Å². The Kier molecular flexibility index (Phi) is 7.27. The summed E-state index contributed by atoms with van der Waals surface area (Å²) in [7, 11) is 3.65. The highest BCUT2D eigenvalue weighted by Gasteiger charge is 2.15. The summed E-state index contributed by atoms with van der Waals surface area (Å²) in [6, 6.07) is 0. The van der Waals surface area contributed by atoms with Crippen LogP contribution in [-0.4, -0.2) is 62.7 Å². The number of nitrogen functional groups attached to an aromatic ring is 1. The van der Waals surface area contributed by atoms with Crippen molar-refractivity contribution in [1.82, 2.24) is 15.2 Å². The van der Waals surface area contributed by atoms with Gasteiger partial charge in [-0.05, 0) is 14.0 Å². The lowest BCUT2D eigenvalue weighted by molar-refractivity contribution is 0.0952. The van der Waals surface area contributed by atoms with Crippen LogP contribution in [0.15, 0.2) is 0 Å². The molecule has 1 aromatic rings. The van der Waals surface area contributed by atoms with Crippen LogP contribution in [0.25, 0.3) is 0 Å². The van der Waals surface area contributed by atoms with Gasteiger partial charge in [0.15, 0.2) is 5.13 Å². The zero-order valence-electron chi connectivity index (χ0n) is 12.2. The maximum absolute atomic E-state index is 12.0. The van der Waals surface area contributed by atoms with Crippen molar-refractivity contribution < 1.29 is 9.53 Å². The van der Waals surface area contributed by atoms with Gasteiger partial charge in [-0.15, -0.1) is 0 Å². The van der Waals surface area contributed by atoms with E-state index in [9.17, 15) is 4.79 Å². The van der Waals surface area contributed by atoms with E-state index in [-0.39, 0.29) is 11.7 Å². The van der Waals surface area contributed by atoms with E-state index < -0.39 is 0 Å². The molecular formula is C12H23N5O2S. The van der Waals surface area contributed by atoms with Gasteiger partial charge in [0, 0.05) is 33.3 Å². The standard InChI is InChI=1S/C12H23N5O2S/c1-4-14-12-16-10(13)9(20-12)11(18)15-5-6-17(2)7-8-19-3/h4-8,13H2,1-3H3,(H,14,16)(H,15,18). The number of hydrogen-bond donors (Lipinski definition) is 3. The smallest absolute Gasteiger partial charge is 0.265 e. The molecule has 0 aromatic carbocycles. The highest BCUT2D eigenvalue weighted by Crippen LogP contribution is 2.24. The molecule has 0 bridgehead atoms. The summed E-state index contributed by atoms with van der Waals surface area (Å²) in [4.78, 5) is 18.6. The average Bonchev–Trinajstić information content (AvgIpc) is 2.77. The molecule has 1 amide bonds. The van der Waals surface area contributed by atoms with E-state index in [1.54, 1.807) is 7.11 Å². The van der Waals surface area contributed by atoms with Crippen LogP contribution in [0.5, 0.6) is 0 Å². The van der Waals surface area contributed by atoms with Crippen LogP contribution >= 0.6 is 11.3 Å². The van der Waals surface area contributed by atoms with Crippen molar-refractivity contribution in [2.45, 2.75) is 6.92 Å². The molecule has 1 aromatic heterocycles. The summed E-state index contributed by atoms with van der Waals surface area (Å²) >= 11 is 1.27. The van der Waals surface area contributed by atoms with E-state index in [0.29, 0.717) is 23.2 Å². The van der Waals surface area contributed by atoms with Gasteiger partial charge in [-0.25, -0.2) is 4.98 Å². The first-order valence-electron chi connectivity index (χ1n) is 6.54. The van der Waals surface area contributed by atoms with Gasteiger partial charge in [0.1, 0.15) is 10.7 Å². The van der Waals surface area contributed by atoms with Crippen molar-refractivity contribution in [3.8, 4) is 0 Å². The molecule has 0 aliphatic heterocycles. The number of likely N-dealkylation sites (N-methyl/N-ethyl adjacent to an activating group) is 1. The number of ether oxygens (including phenoxy) is 1. The maximum atomic E-state index is 12.0. The molecule has 8 heteroatoms. The predicted octanol–water partition coefficient (Wildman–Crippen LogP) is 0.465. The molecule has 0 atom stereocenters. The van der Waals surface area contributed by atoms with Gasteiger partial charge in [-0.2, -0.15) is 0 Å². The molecule has 0 aliphatic carbocycles. The Morgan fingerprint density at radius 2 is 2.25 bits per heavy atom. The lowest BCUT2D eigenvalue weighted by Gasteiger charge is -2.15. The molecule has 114 valence electrons. The monoisotopic (exact) mass is 301 g/mol. The lowest BCUT2D eigenvalue weighted by atomic mass is 10.4. The Hall–Kier alpha value is -1.38. The highest BCUT2D eigenvalue weighted by molar-refractivity contribution is 7.18. The van der Waals surface area contributed by atoms with Crippen LogP contribution in [0.3, 0.4) is 0 Å². The summed E-state index contributed by atoms with van der Waals surface area (Å²) in [6.07, 6.45) is 0. The molecule has 0 saturated heterocycles. The quantitative estimate of drug-likeness (QED) is 0.614. The largest absolute Gasteiger partial charge is 0.383 e. The van der Waals surface area contributed by atoms with E-state index >= 15 is 0 Å². The molecule has 0 unspecified atom stereocenters. The summed E-state index contributed by atoms with van der Waals surface area (Å²) in [5.41, 5.74) is 5.74. The molecular weight excluding hydrogens is 278 g/mol. The minimum Gasteiger partial charge on any atom is -0.383 e. The van der Waals surface area contributed by atoms with Crippen LogP contribution in [0.2, 0.25) is 0 Å². The Balaban J connectivity index is 2.39. The third kappa shape index (κ3) is 5.32. The summed E-state index contributed by atoms with van der Waals surface area (Å²) in [5.74, 6) is 0.0977. The number of anilines is 2. The SMILES string of the molecule is CCNc1nc(N)c(C(=O)NCCN(C)CCOC)s1. The number of thiazole rings is 1. The number of hydrogen-bond acceptors (Lipinski definition) is 7. The van der Waals surface area contributed by atoms with Crippen molar-refractivity contribution in [2.24, 2.45) is 0 Å². The molecule has 1 rings (SSSR count). The van der Waals surface area contributed by atoms with Gasteiger partial charge in [0.2, 0.25) is 0 Å². The number of amides is 1. The van der Waals surface area contributed by atoms with Gasteiger partial charge < -0.3 is 26.0 Å². The zero-order chi connectivity index (χ0) is 15.0. The van der Waals surface area contributed by atoms with Crippen LogP contribution < -0.4 is 16.4 Å². The topological polar surface area (TPSA) is 92.5 Å². The van der Waals surface area contributed by atoms with Gasteiger partial charge in [-0.1, -0.05) is 11.3 Å². The minimum absolute atomic E-state index is 0.177. The fraction of sp³-hybridized carbons (Fsp3) is 0.667. The minimum atomic E-state index is -0.177. The first kappa shape index (κ1) is 16.7. The number of aromatic nitrogens is 1. The Morgan fingerprint density at radius 1 is 1.50 bits per heavy atom. The molecule has 0 fully saturated rings. The molecule has 20 heavy (non-hydrogen) atoms. The van der Waals surface area contributed by atoms with Crippen molar-refractivity contribution in [2.75, 3.05) is 58.0 Å². The van der Waals surface area contributed by atoms with Crippen LogP contribution in [0.1, 0.15) is 16.6 Å². The van der Waals surface area contributed by atoms with Crippen molar-refractivity contribution in [1.29, 1.82) is 0 Å². The fourth-order valence-electron chi connectivity index (χ4n) is 1.52. The van der Waals surface area contributed by atoms with Crippen LogP contribution in [0, 0.1) is 0 Å². The fourth-order valence-corrected chi connectivity index (χ4v) is 2.39. The van der Waals surface area contributed by atoms with E-state index in [4.69, 9.17) is 10.5 Å². The number of nitrogens with zero attached hydrogens (tertiary/aromatic N) is 2. The molecule has 4 N–H and O–H groups in total. The number of rotatable bonds is 9. The summed E-state index contributed by atoms with van der Waals surface area (Å²) < 4.78 is 4.99.